The second-order valence-electron chi connectivity index (χ2n) is 31.0. The van der Waals surface area contributed by atoms with Gasteiger partial charge in [-0.1, -0.05) is 362 Å². The summed E-state index contributed by atoms with van der Waals surface area (Å²) in [7, 11) is -9.94. The first kappa shape index (κ1) is 101. The van der Waals surface area contributed by atoms with E-state index in [1.807, 2.05) is 0 Å². The van der Waals surface area contributed by atoms with E-state index in [1.165, 1.54) is 205 Å². The van der Waals surface area contributed by atoms with Crippen LogP contribution in [0.2, 0.25) is 0 Å². The molecule has 0 radical (unpaired) electrons. The molecule has 0 heterocycles. The first-order chi connectivity index (χ1) is 49.7. The Morgan fingerprint density at radius 3 is 0.786 bits per heavy atom. The number of esters is 4. The van der Waals surface area contributed by atoms with Gasteiger partial charge in [-0.25, -0.2) is 9.13 Å². The highest BCUT2D eigenvalue weighted by Gasteiger charge is 2.30. The van der Waals surface area contributed by atoms with E-state index in [1.54, 1.807) is 0 Å². The van der Waals surface area contributed by atoms with E-state index in [0.29, 0.717) is 31.6 Å². The van der Waals surface area contributed by atoms with E-state index in [-0.39, 0.29) is 25.7 Å². The minimum Gasteiger partial charge on any atom is -0.462 e. The van der Waals surface area contributed by atoms with Crippen LogP contribution in [0.4, 0.5) is 0 Å². The van der Waals surface area contributed by atoms with Crippen LogP contribution in [-0.2, 0) is 65.4 Å². The van der Waals surface area contributed by atoms with Crippen LogP contribution in [0.25, 0.3) is 0 Å². The molecule has 0 aromatic carbocycles. The second kappa shape index (κ2) is 73.7. The van der Waals surface area contributed by atoms with Crippen molar-refractivity contribution in [3.63, 3.8) is 0 Å². The Balaban J connectivity index is 5.25. The fourth-order valence-corrected chi connectivity index (χ4v) is 14.1. The van der Waals surface area contributed by atoms with Gasteiger partial charge in [-0.3, -0.25) is 37.3 Å². The van der Waals surface area contributed by atoms with Crippen LogP contribution in [0.5, 0.6) is 0 Å². The molecular weight excluding hydrogens is 1340 g/mol. The lowest BCUT2D eigenvalue weighted by Crippen LogP contribution is -2.30. The molecule has 0 amide bonds. The van der Waals surface area contributed by atoms with Crippen LogP contribution in [0.1, 0.15) is 414 Å². The van der Waals surface area contributed by atoms with Gasteiger partial charge >= 0.3 is 39.5 Å². The molecule has 0 bridgehead atoms. The maximum absolute atomic E-state index is 13.1. The number of hydrogen-bond donors (Lipinski definition) is 3. The number of aliphatic hydroxyl groups is 1. The predicted molar refractivity (Wildman–Crippen MR) is 423 cm³/mol. The molecule has 0 aliphatic carbocycles. The monoisotopic (exact) mass is 1500 g/mol. The summed E-state index contributed by atoms with van der Waals surface area (Å²) in [6.45, 7) is 11.9. The van der Waals surface area contributed by atoms with Gasteiger partial charge in [-0.05, 0) is 69.1 Å². The number of aliphatic hydroxyl groups excluding tert-OH is 1. The Morgan fingerprint density at radius 1 is 0.301 bits per heavy atom. The molecule has 0 rings (SSSR count). The number of rotatable bonds is 80. The number of phosphoric ester groups is 2. The van der Waals surface area contributed by atoms with Crippen LogP contribution in [0.15, 0.2) is 24.3 Å². The van der Waals surface area contributed by atoms with Gasteiger partial charge in [0.25, 0.3) is 0 Å². The summed E-state index contributed by atoms with van der Waals surface area (Å²) in [5, 5.41) is 10.7. The highest BCUT2D eigenvalue weighted by atomic mass is 31.2. The maximum atomic E-state index is 13.1. The van der Waals surface area contributed by atoms with E-state index in [9.17, 15) is 43.2 Å². The molecule has 0 aromatic rings. The topological polar surface area (TPSA) is 237 Å². The second-order valence-corrected chi connectivity index (χ2v) is 33.9. The van der Waals surface area contributed by atoms with Gasteiger partial charge in [-0.15, -0.1) is 0 Å². The Kier molecular flexibility index (Phi) is 71.9. The molecule has 0 fully saturated rings. The quantitative estimate of drug-likeness (QED) is 0.0169. The van der Waals surface area contributed by atoms with E-state index in [2.05, 4.69) is 72.8 Å². The molecule has 0 aromatic heterocycles. The summed E-state index contributed by atoms with van der Waals surface area (Å²) < 4.78 is 68.7. The molecule has 3 unspecified atom stereocenters. The molecule has 19 heteroatoms. The van der Waals surface area contributed by atoms with Gasteiger partial charge < -0.3 is 33.8 Å². The number of allylic oxidation sites excluding steroid dienone is 4. The zero-order valence-corrected chi connectivity index (χ0v) is 69.1. The first-order valence-corrected chi connectivity index (χ1v) is 45.7. The Labute approximate surface area is 631 Å². The summed E-state index contributed by atoms with van der Waals surface area (Å²) in [4.78, 5) is 73.1. The number of ether oxygens (including phenoxy) is 4. The average Bonchev–Trinajstić information content (AvgIpc) is 0.927. The minimum absolute atomic E-state index is 0.0853. The van der Waals surface area contributed by atoms with Gasteiger partial charge in [0.15, 0.2) is 12.2 Å². The number of carbonyl (C=O) groups is 4. The molecular formula is C84H160O17P2. The zero-order chi connectivity index (χ0) is 75.8. The van der Waals surface area contributed by atoms with Crippen LogP contribution < -0.4 is 0 Å². The molecule has 0 spiro atoms. The lowest BCUT2D eigenvalue weighted by atomic mass is 10.0. The predicted octanol–water partition coefficient (Wildman–Crippen LogP) is 24.9. The van der Waals surface area contributed by atoms with Crippen molar-refractivity contribution < 1.29 is 80.2 Å². The van der Waals surface area contributed by atoms with Crippen molar-refractivity contribution in [3.05, 3.63) is 24.3 Å². The Morgan fingerprint density at radius 2 is 0.524 bits per heavy atom. The number of hydrogen-bond acceptors (Lipinski definition) is 15. The van der Waals surface area contributed by atoms with Gasteiger partial charge in [-0.2, -0.15) is 0 Å². The standard InChI is InChI=1S/C84H160O17P2/c1-8-9-10-11-12-13-14-15-20-28-33-38-45-53-60-67-83(88)100-79(71-94-81(86)65-58-51-44-37-32-27-23-18-16-21-25-30-35-41-48-55-62-75(2)3)73-98-102(90,91)96-69-78(85)70-97-103(92,93)99-74-80(72-95-82(87)66-59-52-47-40-43-50-57-64-77(6)7)101-84(89)68-61-54-46-39-34-29-24-19-17-22-26-31-36-42-49-56-63-76(4)5/h13-15,20,75-80,85H,8-12,16-19,21-74H2,1-7H3,(H,90,91)(H,92,93)/b14-13-,20-15-/t78?,79-,80-/m1/s1. The molecule has 17 nitrogen and oxygen atoms in total. The third kappa shape index (κ3) is 77.5. The zero-order valence-electron chi connectivity index (χ0n) is 67.3. The Hall–Kier alpha value is -2.46. The fraction of sp³-hybridized carbons (Fsp3) is 0.905. The summed E-state index contributed by atoms with van der Waals surface area (Å²) >= 11 is 0. The maximum Gasteiger partial charge on any atom is 0.472 e. The van der Waals surface area contributed by atoms with Crippen molar-refractivity contribution in [2.24, 2.45) is 17.8 Å². The van der Waals surface area contributed by atoms with Crippen molar-refractivity contribution in [3.8, 4) is 0 Å². The number of unbranched alkanes of at least 4 members (excludes halogenated alkanes) is 45. The van der Waals surface area contributed by atoms with Crippen molar-refractivity contribution >= 4 is 39.5 Å². The van der Waals surface area contributed by atoms with E-state index < -0.39 is 97.5 Å². The molecule has 608 valence electrons. The Bertz CT molecular complexity index is 2090. The highest BCUT2D eigenvalue weighted by Crippen LogP contribution is 2.45. The SMILES string of the molecule is CCCCCC/C=C\C=C/CCCCCCCC(=O)O[C@H](COC(=O)CCCCCCCCCCCCCCCCCCC(C)C)COP(=O)(O)OCC(O)COP(=O)(O)OC[C@@H](COC(=O)CCCCCCCCCC(C)C)OC(=O)CCCCCCCCCCCCCCCCCCC(C)C. The summed E-state index contributed by atoms with van der Waals surface area (Å²) in [6, 6.07) is 0. The third-order valence-electron chi connectivity index (χ3n) is 19.0. The third-order valence-corrected chi connectivity index (χ3v) is 20.9. The highest BCUT2D eigenvalue weighted by molar-refractivity contribution is 7.47. The first-order valence-electron chi connectivity index (χ1n) is 42.7. The van der Waals surface area contributed by atoms with E-state index >= 15 is 0 Å². The number of phosphoric acid groups is 2. The van der Waals surface area contributed by atoms with Gasteiger partial charge in [0.1, 0.15) is 19.3 Å². The molecule has 103 heavy (non-hydrogen) atoms. The van der Waals surface area contributed by atoms with Crippen molar-refractivity contribution in [2.75, 3.05) is 39.6 Å². The van der Waals surface area contributed by atoms with Crippen molar-refractivity contribution in [2.45, 2.75) is 433 Å². The van der Waals surface area contributed by atoms with Crippen LogP contribution in [-0.4, -0.2) is 96.7 Å². The smallest absolute Gasteiger partial charge is 0.462 e. The molecule has 0 aliphatic heterocycles. The lowest BCUT2D eigenvalue weighted by Gasteiger charge is -2.21. The summed E-state index contributed by atoms with van der Waals surface area (Å²) in [5.74, 6) is 0.183. The van der Waals surface area contributed by atoms with Crippen LogP contribution >= 0.6 is 15.6 Å². The number of carbonyl (C=O) groups excluding carboxylic acids is 4. The molecule has 5 atom stereocenters. The van der Waals surface area contributed by atoms with Gasteiger partial charge in [0.05, 0.1) is 26.4 Å². The van der Waals surface area contributed by atoms with Crippen molar-refractivity contribution in [1.82, 2.24) is 0 Å². The van der Waals surface area contributed by atoms with Crippen LogP contribution in [0, 0.1) is 17.8 Å². The minimum atomic E-state index is -4.97. The molecule has 3 N–H and O–H groups in total. The van der Waals surface area contributed by atoms with Gasteiger partial charge in [0, 0.05) is 25.7 Å². The van der Waals surface area contributed by atoms with Gasteiger partial charge in [0.2, 0.25) is 0 Å². The molecule has 0 saturated carbocycles. The van der Waals surface area contributed by atoms with Crippen molar-refractivity contribution in [1.29, 1.82) is 0 Å². The average molecular weight is 1500 g/mol. The van der Waals surface area contributed by atoms with E-state index in [4.69, 9.17) is 37.0 Å². The van der Waals surface area contributed by atoms with Crippen LogP contribution in [0.3, 0.4) is 0 Å². The summed E-state index contributed by atoms with van der Waals surface area (Å²) in [5.41, 5.74) is 0. The lowest BCUT2D eigenvalue weighted by molar-refractivity contribution is -0.161. The molecule has 0 aliphatic rings. The normalized spacial score (nSPS) is 14.1. The fourth-order valence-electron chi connectivity index (χ4n) is 12.5. The largest absolute Gasteiger partial charge is 0.472 e. The summed E-state index contributed by atoms with van der Waals surface area (Å²) in [6.07, 6.45) is 66.2. The molecule has 0 saturated heterocycles. The van der Waals surface area contributed by atoms with E-state index in [0.717, 1.165) is 121 Å².